The van der Waals surface area contributed by atoms with E-state index in [1.165, 1.54) is 36.4 Å². The largest absolute Gasteiger partial charge is 0.480 e. The van der Waals surface area contributed by atoms with Gasteiger partial charge in [-0.25, -0.2) is 24.0 Å². The third-order valence-electron chi connectivity index (χ3n) is 15.6. The van der Waals surface area contributed by atoms with Crippen LogP contribution in [0.25, 0.3) is 27.1 Å². The zero-order chi connectivity index (χ0) is 71.9. The van der Waals surface area contributed by atoms with Crippen molar-refractivity contribution in [1.29, 1.82) is 0 Å². The summed E-state index contributed by atoms with van der Waals surface area (Å²) in [7, 11) is -20.2. The lowest BCUT2D eigenvalue weighted by Gasteiger charge is -2.26. The Balaban J connectivity index is 1.42. The number of aromatic nitrogens is 1. The van der Waals surface area contributed by atoms with Crippen LogP contribution in [0.2, 0.25) is 0 Å². The van der Waals surface area contributed by atoms with Crippen LogP contribution < -0.4 is 26.2 Å². The lowest BCUT2D eigenvalue weighted by Crippen LogP contribution is -2.46. The van der Waals surface area contributed by atoms with Crippen molar-refractivity contribution in [2.75, 3.05) is 41.0 Å². The van der Waals surface area contributed by atoms with E-state index in [9.17, 15) is 121 Å². The number of hydrogen-bond donors (Lipinski definition) is 13. The summed E-state index contributed by atoms with van der Waals surface area (Å²) in [6.07, 6.45) is 7.66. The molecule has 0 aliphatic carbocycles. The number of nitrogens with one attached hydrogen (secondary N) is 4. The normalized spacial score (nSPS) is 16.3. The van der Waals surface area contributed by atoms with E-state index in [0.717, 1.165) is 18.3 Å². The van der Waals surface area contributed by atoms with Crippen LogP contribution in [0.15, 0.2) is 96.9 Å². The Bertz CT molecular complexity index is 4790. The van der Waals surface area contributed by atoms with E-state index < -0.39 is 174 Å². The molecule has 0 saturated carbocycles. The first-order chi connectivity index (χ1) is 44.3. The maximum absolute atomic E-state index is 14.2. The highest BCUT2D eigenvalue weighted by Crippen LogP contribution is 2.52. The lowest BCUT2D eigenvalue weighted by atomic mass is 9.78. The third-order valence-corrected chi connectivity index (χ3v) is 18.7. The predicted molar refractivity (Wildman–Crippen MR) is 340 cm³/mol. The zero-order valence-electron chi connectivity index (χ0n) is 51.2. The van der Waals surface area contributed by atoms with Crippen molar-refractivity contribution >= 4 is 138 Å². The van der Waals surface area contributed by atoms with Crippen molar-refractivity contribution in [3.05, 3.63) is 141 Å². The average molecular weight is 1410 g/mol. The Kier molecular flexibility index (Phi) is 21.0. The van der Waals surface area contributed by atoms with E-state index in [1.807, 2.05) is 30.7 Å². The van der Waals surface area contributed by atoms with E-state index in [2.05, 4.69) is 4.98 Å². The molecule has 4 atom stereocenters. The van der Waals surface area contributed by atoms with Gasteiger partial charge in [-0.2, -0.15) is 38.2 Å². The molecule has 0 radical (unpaired) electrons. The summed E-state index contributed by atoms with van der Waals surface area (Å²) >= 11 is 0. The monoisotopic (exact) mass is 1410 g/mol. The smallest absolute Gasteiger partial charge is 0.337 e. The minimum atomic E-state index is -5.05. The number of fused-ring (bicyclic) bond motifs is 6. The molecular weight excluding hydrogens is 1350 g/mol. The number of rotatable bonds is 27. The number of nitrogens with zero attached hydrogens (tertiary/aromatic N) is 3. The van der Waals surface area contributed by atoms with Gasteiger partial charge in [0.2, 0.25) is 5.69 Å². The number of carboxylic acid groups (broad SMARTS) is 5. The SMILES string of the molecule is CCN1C(=CC=C(C=CC2=[N+](CC)c3ccc4c(C(=O)NC(CS(=O)(=O)O)C(=O)O)cc(C(=O)NC(CS(=O)(=O)O)C(=O)O)cc4c3C2(C)C)c2ccc(C(=O)O)cn2)C(C)(C)c2c1ccc1c(C(=O)NC(CS(=O)(=O)O)C(=O)O)cc(C(=O)NC(CS(=O)(=O)O)C(=O)O)cc21. The van der Waals surface area contributed by atoms with Gasteiger partial charge in [-0.15, -0.1) is 0 Å². The van der Waals surface area contributed by atoms with Crippen molar-refractivity contribution in [3.63, 3.8) is 0 Å². The second-order valence-electron chi connectivity index (χ2n) is 23.0. The highest BCUT2D eigenvalue weighted by atomic mass is 32.2. The summed E-state index contributed by atoms with van der Waals surface area (Å²) in [6.45, 7) is 10.9. The maximum Gasteiger partial charge on any atom is 0.337 e. The van der Waals surface area contributed by atoms with Crippen molar-refractivity contribution in [3.8, 4) is 0 Å². The minimum absolute atomic E-state index is 0.00761. The summed E-state index contributed by atoms with van der Waals surface area (Å²) in [5.41, 5.74) is -1.60. The Morgan fingerprint density at radius 3 is 1.32 bits per heavy atom. The van der Waals surface area contributed by atoms with Gasteiger partial charge >= 0.3 is 29.8 Å². The van der Waals surface area contributed by atoms with Crippen LogP contribution >= 0.6 is 0 Å². The number of carbonyl (C=O) groups is 9. The van der Waals surface area contributed by atoms with Crippen LogP contribution in [-0.2, 0) is 70.5 Å². The third kappa shape index (κ3) is 16.4. The standard InChI is InChI=1S/C59H61N7O26S4/c1-7-65-43-15-12-32-34(19-30(49(67)61-39(54(73)74)24-93(81,82)83)21-36(32)51(69)63-41(56(77)78)26-95(87,88)89)47(43)58(3,4)45(65)17-10-28(38-14-9-29(23-60-38)53(71)72)11-18-46-59(5,6)48-35-20-31(50(68)62-40(55(75)76)25-94(84,85)86)22-37(33(35)13-16-44(48)66(46)8-2)52(70)64-42(57(79)80)27-96(90,91)92/h9-23,39-42H,7-8,24-27H2,1-6H3,(H12-,61,62,63,64,67,68,69,70,71,72,73,74,75,76,77,78,79,80,81,82,83,84,85,86,87,88,89,90,91,92)/p+1. The van der Waals surface area contributed by atoms with E-state index in [-0.39, 0.29) is 51.5 Å². The second-order valence-corrected chi connectivity index (χ2v) is 29.0. The predicted octanol–water partition coefficient (Wildman–Crippen LogP) is 2.11. The molecule has 37 heteroatoms. The van der Waals surface area contributed by atoms with Crippen molar-refractivity contribution in [2.45, 2.75) is 76.5 Å². The van der Waals surface area contributed by atoms with Gasteiger partial charge in [-0.3, -0.25) is 42.4 Å². The van der Waals surface area contributed by atoms with E-state index in [4.69, 9.17) is 0 Å². The number of hydrogen-bond acceptors (Lipinski definition) is 19. The average Bonchev–Trinajstić information content (AvgIpc) is 1.55. The number of amides is 4. The molecule has 13 N–H and O–H groups in total. The minimum Gasteiger partial charge on any atom is -0.480 e. The van der Waals surface area contributed by atoms with E-state index in [1.54, 1.807) is 78.0 Å². The second kappa shape index (κ2) is 27.4. The molecule has 0 spiro atoms. The molecule has 512 valence electrons. The van der Waals surface area contributed by atoms with Crippen LogP contribution in [0.5, 0.6) is 0 Å². The van der Waals surface area contributed by atoms with Gasteiger partial charge < -0.3 is 51.7 Å². The molecule has 3 heterocycles. The molecule has 4 unspecified atom stereocenters. The van der Waals surface area contributed by atoms with Crippen molar-refractivity contribution < 1.29 is 125 Å². The van der Waals surface area contributed by atoms with Gasteiger partial charge in [0.1, 0.15) is 53.7 Å². The number of pyridine rings is 1. The summed E-state index contributed by atoms with van der Waals surface area (Å²) in [6, 6.07) is 3.85. The van der Waals surface area contributed by atoms with Gasteiger partial charge in [0.05, 0.1) is 16.7 Å². The number of carboxylic acids is 5. The quantitative estimate of drug-likeness (QED) is 0.0203. The number of allylic oxidation sites excluding steroid dienone is 6. The van der Waals surface area contributed by atoms with E-state index >= 15 is 0 Å². The Labute approximate surface area is 545 Å². The van der Waals surface area contributed by atoms with Crippen molar-refractivity contribution in [1.82, 2.24) is 26.3 Å². The molecule has 2 aliphatic rings. The van der Waals surface area contributed by atoms with Crippen LogP contribution in [-0.4, -0.2) is 206 Å². The highest BCUT2D eigenvalue weighted by Gasteiger charge is 2.47. The number of anilines is 1. The fraction of sp³-hybridized carbons (Fsp3) is 0.305. The number of aromatic carboxylic acids is 1. The maximum atomic E-state index is 14.2. The van der Waals surface area contributed by atoms with Crippen LogP contribution in [0.1, 0.15) is 110 Å². The highest BCUT2D eigenvalue weighted by molar-refractivity contribution is 7.86. The molecular formula is C59H62N7O26S4+. The Morgan fingerprint density at radius 1 is 0.531 bits per heavy atom. The van der Waals surface area contributed by atoms with Gasteiger partial charge in [0.15, 0.2) is 5.71 Å². The number of likely N-dealkylation sites (N-methyl/N-ethyl adjacent to an activating group) is 1. The molecule has 0 fully saturated rings. The van der Waals surface area contributed by atoms with E-state index in [0.29, 0.717) is 33.9 Å². The van der Waals surface area contributed by atoms with Gasteiger partial charge in [0.25, 0.3) is 64.1 Å². The van der Waals surface area contributed by atoms with Crippen LogP contribution in [0.3, 0.4) is 0 Å². The first-order valence-corrected chi connectivity index (χ1v) is 34.6. The fourth-order valence-corrected chi connectivity index (χ4v) is 14.1. The van der Waals surface area contributed by atoms with Crippen LogP contribution in [0.4, 0.5) is 11.4 Å². The molecule has 96 heavy (non-hydrogen) atoms. The topological polar surface area (TPSA) is 540 Å². The Morgan fingerprint density at radius 2 is 0.948 bits per heavy atom. The lowest BCUT2D eigenvalue weighted by molar-refractivity contribution is -0.433. The molecule has 0 bridgehead atoms. The first kappa shape index (κ1) is 73.5. The molecule has 5 aromatic rings. The number of benzene rings is 4. The number of aliphatic carboxylic acids is 4. The molecule has 1 aromatic heterocycles. The summed E-state index contributed by atoms with van der Waals surface area (Å²) in [5, 5.41) is 57.4. The zero-order valence-corrected chi connectivity index (χ0v) is 54.4. The molecule has 4 amide bonds. The molecule has 33 nitrogen and oxygen atoms in total. The van der Waals surface area contributed by atoms with Gasteiger partial charge in [-0.1, -0.05) is 26.0 Å². The number of carbonyl (C=O) groups excluding carboxylic acids is 4. The van der Waals surface area contributed by atoms with Gasteiger partial charge in [0, 0.05) is 75.1 Å². The summed E-state index contributed by atoms with van der Waals surface area (Å²) < 4.78 is 135. The van der Waals surface area contributed by atoms with Gasteiger partial charge in [-0.05, 0) is 115 Å². The summed E-state index contributed by atoms with van der Waals surface area (Å²) in [4.78, 5) is 124. The molecule has 7 rings (SSSR count). The summed E-state index contributed by atoms with van der Waals surface area (Å²) in [5.74, 6) is -20.2. The molecule has 2 aliphatic heterocycles. The first-order valence-electron chi connectivity index (χ1n) is 28.2. The molecule has 4 aromatic carbocycles. The van der Waals surface area contributed by atoms with Crippen LogP contribution in [0, 0.1) is 0 Å². The Hall–Kier alpha value is -9.89. The molecule has 0 saturated heterocycles. The van der Waals surface area contributed by atoms with Crippen molar-refractivity contribution in [2.24, 2.45) is 0 Å². The fourth-order valence-electron chi connectivity index (χ4n) is 11.5.